The van der Waals surface area contributed by atoms with Crippen molar-refractivity contribution in [2.24, 2.45) is 65.1 Å². The Labute approximate surface area is 134 Å². The summed E-state index contributed by atoms with van der Waals surface area (Å²) in [4.78, 5) is 0. The fourth-order valence-corrected chi connectivity index (χ4v) is 9.40. The van der Waals surface area contributed by atoms with Gasteiger partial charge in [-0.25, -0.2) is 0 Å². The van der Waals surface area contributed by atoms with Crippen LogP contribution in [0.3, 0.4) is 0 Å². The van der Waals surface area contributed by atoms with Gasteiger partial charge in [0.25, 0.3) is 0 Å². The molecule has 6 fully saturated rings. The van der Waals surface area contributed by atoms with Crippen LogP contribution in [-0.2, 0) is 4.74 Å². The molecule has 12 unspecified atom stereocenters. The molecule has 6 aliphatic rings. The molecule has 0 amide bonds. The average Bonchev–Trinajstić information content (AvgIpc) is 3.26. The minimum absolute atomic E-state index is 0.0633. The normalized spacial score (nSPS) is 66.3. The molecule has 22 heavy (non-hydrogen) atoms. The summed E-state index contributed by atoms with van der Waals surface area (Å²) in [5, 5.41) is 10.4. The smallest absolute Gasteiger partial charge is 0.0574 e. The minimum atomic E-state index is 0.0633. The Morgan fingerprint density at radius 3 is 2.23 bits per heavy atom. The second-order valence-corrected chi connectivity index (χ2v) is 9.65. The number of hydrogen-bond donors (Lipinski definition) is 1. The van der Waals surface area contributed by atoms with Crippen LogP contribution in [0.15, 0.2) is 0 Å². The minimum Gasteiger partial charge on any atom is -0.393 e. The van der Waals surface area contributed by atoms with Crippen molar-refractivity contribution in [2.45, 2.75) is 45.1 Å². The van der Waals surface area contributed by atoms with Crippen molar-refractivity contribution >= 4 is 0 Å². The lowest BCUT2D eigenvalue weighted by molar-refractivity contribution is -0.0393. The molecule has 0 saturated heterocycles. The molecule has 0 aromatic rings. The quantitative estimate of drug-likeness (QED) is 0.811. The number of hydrogen-bond acceptors (Lipinski definition) is 2. The molecule has 0 radical (unpaired) electrons. The highest BCUT2D eigenvalue weighted by Crippen LogP contribution is 2.77. The van der Waals surface area contributed by atoms with Gasteiger partial charge in [-0.05, 0) is 104 Å². The van der Waals surface area contributed by atoms with E-state index in [0.29, 0.717) is 5.92 Å². The van der Waals surface area contributed by atoms with Gasteiger partial charge in [-0.15, -0.1) is 0 Å². The highest BCUT2D eigenvalue weighted by Gasteiger charge is 2.72. The van der Waals surface area contributed by atoms with E-state index in [0.717, 1.165) is 78.8 Å². The molecule has 0 spiro atoms. The summed E-state index contributed by atoms with van der Waals surface area (Å²) in [5.74, 6) is 10.6. The van der Waals surface area contributed by atoms with E-state index in [1.807, 2.05) is 0 Å². The van der Waals surface area contributed by atoms with E-state index in [2.05, 4.69) is 6.92 Å². The van der Waals surface area contributed by atoms with Crippen molar-refractivity contribution in [3.05, 3.63) is 0 Å². The number of fused-ring (bicyclic) bond motifs is 16. The predicted molar refractivity (Wildman–Crippen MR) is 84.0 cm³/mol. The highest BCUT2D eigenvalue weighted by molar-refractivity contribution is 5.20. The molecule has 12 atom stereocenters. The summed E-state index contributed by atoms with van der Waals surface area (Å²) < 4.78 is 5.82. The number of aliphatic hydroxyl groups is 1. The second-order valence-electron chi connectivity index (χ2n) is 9.65. The zero-order valence-electron chi connectivity index (χ0n) is 13.7. The van der Waals surface area contributed by atoms with Gasteiger partial charge in [0.1, 0.15) is 0 Å². The van der Waals surface area contributed by atoms with Crippen molar-refractivity contribution in [1.82, 2.24) is 0 Å². The van der Waals surface area contributed by atoms with E-state index in [1.54, 1.807) is 6.42 Å². The topological polar surface area (TPSA) is 29.5 Å². The highest BCUT2D eigenvalue weighted by atomic mass is 16.5. The standard InChI is InChI=1S/C20H30O2/c1-2-22-8-11-3-9-4-12(11)19-14-7-15(17(9)19)20-13-5-10(18(14)20)6-16(13)21/h9-21H,2-8H2,1H3. The maximum Gasteiger partial charge on any atom is 0.0574 e. The summed E-state index contributed by atoms with van der Waals surface area (Å²) in [6.07, 6.45) is 7.11. The van der Waals surface area contributed by atoms with Crippen molar-refractivity contribution < 1.29 is 9.84 Å². The van der Waals surface area contributed by atoms with E-state index in [4.69, 9.17) is 4.74 Å². The number of ether oxygens (including phenoxy) is 1. The van der Waals surface area contributed by atoms with Gasteiger partial charge in [0.05, 0.1) is 6.10 Å². The molecule has 2 heteroatoms. The van der Waals surface area contributed by atoms with Crippen LogP contribution in [-0.4, -0.2) is 24.4 Å². The van der Waals surface area contributed by atoms with Gasteiger partial charge in [-0.1, -0.05) is 0 Å². The van der Waals surface area contributed by atoms with E-state index >= 15 is 0 Å². The Hall–Kier alpha value is -0.0800. The molecular weight excluding hydrogens is 272 g/mol. The zero-order valence-corrected chi connectivity index (χ0v) is 13.7. The summed E-state index contributed by atoms with van der Waals surface area (Å²) in [5.41, 5.74) is 0. The van der Waals surface area contributed by atoms with Gasteiger partial charge in [-0.2, -0.15) is 0 Å². The third kappa shape index (κ3) is 1.38. The van der Waals surface area contributed by atoms with E-state index in [1.165, 1.54) is 19.3 Å². The van der Waals surface area contributed by atoms with Crippen molar-refractivity contribution in [2.75, 3.05) is 13.2 Å². The van der Waals surface area contributed by atoms with Gasteiger partial charge in [0, 0.05) is 13.2 Å². The zero-order chi connectivity index (χ0) is 14.6. The van der Waals surface area contributed by atoms with Crippen LogP contribution in [0.25, 0.3) is 0 Å². The second kappa shape index (κ2) is 4.30. The van der Waals surface area contributed by atoms with Crippen LogP contribution in [0.1, 0.15) is 39.0 Å². The molecule has 6 bridgehead atoms. The summed E-state index contributed by atoms with van der Waals surface area (Å²) >= 11 is 0. The van der Waals surface area contributed by atoms with Gasteiger partial charge in [0.15, 0.2) is 0 Å². The summed E-state index contributed by atoms with van der Waals surface area (Å²) in [6.45, 7) is 4.07. The number of aliphatic hydroxyl groups excluding tert-OH is 1. The summed E-state index contributed by atoms with van der Waals surface area (Å²) in [6, 6.07) is 0. The predicted octanol–water partition coefficient (Wildman–Crippen LogP) is 3.19. The van der Waals surface area contributed by atoms with E-state index in [9.17, 15) is 5.11 Å². The fraction of sp³-hybridized carbons (Fsp3) is 1.00. The van der Waals surface area contributed by atoms with Crippen molar-refractivity contribution in [3.8, 4) is 0 Å². The molecule has 0 aromatic heterocycles. The maximum absolute atomic E-state index is 10.4. The third-order valence-electron chi connectivity index (χ3n) is 9.42. The van der Waals surface area contributed by atoms with Crippen LogP contribution >= 0.6 is 0 Å². The average molecular weight is 302 g/mol. The largest absolute Gasteiger partial charge is 0.393 e. The van der Waals surface area contributed by atoms with E-state index in [-0.39, 0.29) is 6.10 Å². The Morgan fingerprint density at radius 1 is 0.773 bits per heavy atom. The van der Waals surface area contributed by atoms with E-state index < -0.39 is 0 Å². The molecule has 122 valence electrons. The van der Waals surface area contributed by atoms with Gasteiger partial charge in [-0.3, -0.25) is 0 Å². The number of rotatable bonds is 3. The molecule has 0 heterocycles. The SMILES string of the molecule is CCOCC1CC2CC1C1C3CC(C21)C1C2CC(CC2O)C31. The van der Waals surface area contributed by atoms with Crippen LogP contribution in [0.5, 0.6) is 0 Å². The van der Waals surface area contributed by atoms with Crippen molar-refractivity contribution in [3.63, 3.8) is 0 Å². The van der Waals surface area contributed by atoms with Crippen molar-refractivity contribution in [1.29, 1.82) is 0 Å². The Morgan fingerprint density at radius 2 is 1.45 bits per heavy atom. The summed E-state index contributed by atoms with van der Waals surface area (Å²) in [7, 11) is 0. The first kappa shape index (κ1) is 13.2. The molecule has 1 N–H and O–H groups in total. The first-order valence-corrected chi connectivity index (χ1v) is 10.0. The van der Waals surface area contributed by atoms with Gasteiger partial charge >= 0.3 is 0 Å². The maximum atomic E-state index is 10.4. The molecular formula is C20H30O2. The Bertz CT molecular complexity index is 490. The third-order valence-corrected chi connectivity index (χ3v) is 9.42. The molecule has 6 saturated carbocycles. The lowest BCUT2D eigenvalue weighted by Gasteiger charge is -2.47. The van der Waals surface area contributed by atoms with Gasteiger partial charge in [0.2, 0.25) is 0 Å². The van der Waals surface area contributed by atoms with Crippen LogP contribution in [0.4, 0.5) is 0 Å². The molecule has 2 nitrogen and oxygen atoms in total. The molecule has 0 aromatic carbocycles. The van der Waals surface area contributed by atoms with Crippen LogP contribution in [0.2, 0.25) is 0 Å². The Balaban J connectivity index is 1.30. The first-order valence-electron chi connectivity index (χ1n) is 10.0. The Kier molecular flexibility index (Phi) is 2.59. The molecule has 6 rings (SSSR count). The molecule has 6 aliphatic carbocycles. The fourth-order valence-electron chi connectivity index (χ4n) is 9.40. The van der Waals surface area contributed by atoms with Crippen LogP contribution < -0.4 is 0 Å². The lowest BCUT2D eigenvalue weighted by Crippen LogP contribution is -2.45. The lowest BCUT2D eigenvalue weighted by atomic mass is 9.58. The first-order chi connectivity index (χ1) is 10.8. The molecule has 0 aliphatic heterocycles. The van der Waals surface area contributed by atoms with Crippen LogP contribution in [0, 0.1) is 65.1 Å². The monoisotopic (exact) mass is 302 g/mol. The van der Waals surface area contributed by atoms with Gasteiger partial charge < -0.3 is 9.84 Å².